The van der Waals surface area contributed by atoms with Crippen LogP contribution in [0.15, 0.2) is 18.2 Å². The molecule has 0 heterocycles. The van der Waals surface area contributed by atoms with E-state index in [1.54, 1.807) is 13.8 Å². The van der Waals surface area contributed by atoms with Crippen LogP contribution in [0.1, 0.15) is 30.9 Å². The molecule has 0 amide bonds. The maximum absolute atomic E-state index is 12.1. The van der Waals surface area contributed by atoms with Crippen molar-refractivity contribution in [3.63, 3.8) is 0 Å². The van der Waals surface area contributed by atoms with Crippen molar-refractivity contribution in [1.29, 1.82) is 0 Å². The van der Waals surface area contributed by atoms with Crippen molar-refractivity contribution in [2.75, 3.05) is 0 Å². The molecule has 0 aromatic heterocycles. The van der Waals surface area contributed by atoms with Crippen molar-refractivity contribution in [3.8, 4) is 5.75 Å². The van der Waals surface area contributed by atoms with Crippen LogP contribution in [0, 0.1) is 0 Å². The molecule has 0 aliphatic heterocycles. The summed E-state index contributed by atoms with van der Waals surface area (Å²) in [6.45, 7) is 3.32. The third-order valence-electron chi connectivity index (χ3n) is 2.10. The molecule has 1 aromatic rings. The predicted molar refractivity (Wildman–Crippen MR) is 53.1 cm³/mol. The molecule has 1 rings (SSSR count). The third-order valence-corrected chi connectivity index (χ3v) is 2.10. The smallest absolute Gasteiger partial charge is 0.405 e. The van der Waals surface area contributed by atoms with E-state index in [0.29, 0.717) is 11.1 Å². The average Bonchev–Trinajstić information content (AvgIpc) is 2.15. The topological polar surface area (TPSA) is 29.5 Å². The second-order valence-electron chi connectivity index (χ2n) is 3.73. The lowest BCUT2D eigenvalue weighted by molar-refractivity contribution is -0.274. The van der Waals surface area contributed by atoms with Crippen LogP contribution in [0.5, 0.6) is 5.75 Å². The monoisotopic (exact) mass is 234 g/mol. The Bertz CT molecular complexity index is 359. The molecule has 1 aromatic carbocycles. The zero-order valence-corrected chi connectivity index (χ0v) is 9.01. The number of ether oxygens (including phenoxy) is 1. The van der Waals surface area contributed by atoms with Gasteiger partial charge in [0.1, 0.15) is 5.75 Å². The van der Waals surface area contributed by atoms with Gasteiger partial charge in [-0.25, -0.2) is 0 Å². The van der Waals surface area contributed by atoms with E-state index in [2.05, 4.69) is 4.74 Å². The van der Waals surface area contributed by atoms with E-state index in [1.165, 1.54) is 18.2 Å². The molecule has 0 bridgehead atoms. The molecule has 2 nitrogen and oxygen atoms in total. The highest BCUT2D eigenvalue weighted by Gasteiger charge is 2.32. The molecule has 16 heavy (non-hydrogen) atoms. The summed E-state index contributed by atoms with van der Waals surface area (Å²) in [6, 6.07) is 4.16. The average molecular weight is 234 g/mol. The number of benzene rings is 1. The fourth-order valence-electron chi connectivity index (χ4n) is 1.37. The normalized spacial score (nSPS) is 11.9. The lowest BCUT2D eigenvalue weighted by atomic mass is 10.00. The molecule has 0 saturated heterocycles. The fourth-order valence-corrected chi connectivity index (χ4v) is 1.37. The summed E-state index contributed by atoms with van der Waals surface area (Å²) in [5, 5.41) is 8.90. The Morgan fingerprint density at radius 3 is 2.38 bits per heavy atom. The first-order valence-electron chi connectivity index (χ1n) is 4.83. The Kier molecular flexibility index (Phi) is 3.80. The van der Waals surface area contributed by atoms with Crippen LogP contribution in [0.4, 0.5) is 13.2 Å². The van der Waals surface area contributed by atoms with Crippen molar-refractivity contribution in [1.82, 2.24) is 0 Å². The minimum absolute atomic E-state index is 0.108. The Morgan fingerprint density at radius 2 is 1.94 bits per heavy atom. The van der Waals surface area contributed by atoms with Crippen molar-refractivity contribution in [3.05, 3.63) is 29.3 Å². The van der Waals surface area contributed by atoms with Gasteiger partial charge < -0.3 is 9.84 Å². The fraction of sp³-hybridized carbons (Fsp3) is 0.455. The molecule has 0 atom stereocenters. The van der Waals surface area contributed by atoms with Gasteiger partial charge in [0.15, 0.2) is 0 Å². The quantitative estimate of drug-likeness (QED) is 0.870. The summed E-state index contributed by atoms with van der Waals surface area (Å²) in [7, 11) is 0. The SMILES string of the molecule is CC(C)c1cc(CO)ccc1OC(F)(F)F. The number of halogens is 3. The Hall–Kier alpha value is -1.23. The van der Waals surface area contributed by atoms with Crippen LogP contribution in [0.25, 0.3) is 0 Å². The zero-order valence-electron chi connectivity index (χ0n) is 9.01. The Morgan fingerprint density at radius 1 is 1.31 bits per heavy atom. The summed E-state index contributed by atoms with van der Waals surface area (Å²) < 4.78 is 40.2. The first-order chi connectivity index (χ1) is 7.33. The highest BCUT2D eigenvalue weighted by Crippen LogP contribution is 2.31. The van der Waals surface area contributed by atoms with Gasteiger partial charge in [0.2, 0.25) is 0 Å². The predicted octanol–water partition coefficient (Wildman–Crippen LogP) is 3.20. The highest BCUT2D eigenvalue weighted by atomic mass is 19.4. The van der Waals surface area contributed by atoms with Crippen LogP contribution in [-0.2, 0) is 6.61 Å². The maximum Gasteiger partial charge on any atom is 0.573 e. The molecule has 0 radical (unpaired) electrons. The molecular weight excluding hydrogens is 221 g/mol. The van der Waals surface area contributed by atoms with Crippen LogP contribution in [0.2, 0.25) is 0 Å². The van der Waals surface area contributed by atoms with E-state index < -0.39 is 6.36 Å². The Labute approximate surface area is 91.7 Å². The molecule has 0 unspecified atom stereocenters. The number of hydrogen-bond acceptors (Lipinski definition) is 2. The minimum atomic E-state index is -4.69. The van der Waals surface area contributed by atoms with Crippen LogP contribution >= 0.6 is 0 Å². The molecule has 1 N–H and O–H groups in total. The lowest BCUT2D eigenvalue weighted by Gasteiger charge is -2.16. The number of rotatable bonds is 3. The standard InChI is InChI=1S/C11H13F3O2/c1-7(2)9-5-8(6-15)3-4-10(9)16-11(12,13)14/h3-5,7,15H,6H2,1-2H3. The highest BCUT2D eigenvalue weighted by molar-refractivity contribution is 5.39. The van der Waals surface area contributed by atoms with E-state index in [4.69, 9.17) is 5.11 Å². The van der Waals surface area contributed by atoms with Gasteiger partial charge in [0.05, 0.1) is 6.61 Å². The Balaban J connectivity index is 3.08. The van der Waals surface area contributed by atoms with Gasteiger partial charge >= 0.3 is 6.36 Å². The number of aliphatic hydroxyl groups is 1. The van der Waals surface area contributed by atoms with E-state index in [1.807, 2.05) is 0 Å². The second kappa shape index (κ2) is 4.74. The molecule has 0 aliphatic carbocycles. The summed E-state index contributed by atoms with van der Waals surface area (Å²) in [4.78, 5) is 0. The van der Waals surface area contributed by atoms with Crippen LogP contribution in [0.3, 0.4) is 0 Å². The zero-order chi connectivity index (χ0) is 12.3. The van der Waals surface area contributed by atoms with Crippen molar-refractivity contribution < 1.29 is 23.0 Å². The first-order valence-corrected chi connectivity index (χ1v) is 4.83. The van der Waals surface area contributed by atoms with Crippen molar-refractivity contribution in [2.24, 2.45) is 0 Å². The van der Waals surface area contributed by atoms with E-state index >= 15 is 0 Å². The summed E-state index contributed by atoms with van der Waals surface area (Å²) in [6.07, 6.45) is -4.69. The molecule has 0 fully saturated rings. The maximum atomic E-state index is 12.1. The summed E-state index contributed by atoms with van der Waals surface area (Å²) in [5.41, 5.74) is 1.00. The number of hydrogen-bond donors (Lipinski definition) is 1. The van der Waals surface area contributed by atoms with Crippen molar-refractivity contribution in [2.45, 2.75) is 32.7 Å². The van der Waals surface area contributed by atoms with E-state index in [0.717, 1.165) is 0 Å². The summed E-state index contributed by atoms with van der Waals surface area (Å²) in [5.74, 6) is -0.316. The van der Waals surface area contributed by atoms with E-state index in [-0.39, 0.29) is 18.3 Å². The number of aliphatic hydroxyl groups excluding tert-OH is 1. The molecule has 0 aliphatic rings. The van der Waals surface area contributed by atoms with Crippen LogP contribution < -0.4 is 4.74 Å². The van der Waals surface area contributed by atoms with Gasteiger partial charge in [-0.1, -0.05) is 19.9 Å². The lowest BCUT2D eigenvalue weighted by Crippen LogP contribution is -2.18. The number of alkyl halides is 3. The van der Waals surface area contributed by atoms with Gasteiger partial charge in [-0.3, -0.25) is 0 Å². The molecule has 5 heteroatoms. The first kappa shape index (κ1) is 12.8. The minimum Gasteiger partial charge on any atom is -0.405 e. The van der Waals surface area contributed by atoms with Gasteiger partial charge in [0, 0.05) is 0 Å². The molecule has 0 saturated carbocycles. The molecule has 90 valence electrons. The molecule has 0 spiro atoms. The van der Waals surface area contributed by atoms with Gasteiger partial charge in [-0.15, -0.1) is 13.2 Å². The largest absolute Gasteiger partial charge is 0.573 e. The summed E-state index contributed by atoms with van der Waals surface area (Å²) >= 11 is 0. The second-order valence-corrected chi connectivity index (χ2v) is 3.73. The van der Waals surface area contributed by atoms with Gasteiger partial charge in [-0.2, -0.15) is 0 Å². The van der Waals surface area contributed by atoms with Gasteiger partial charge in [0.25, 0.3) is 0 Å². The van der Waals surface area contributed by atoms with Crippen LogP contribution in [-0.4, -0.2) is 11.5 Å². The van der Waals surface area contributed by atoms with E-state index in [9.17, 15) is 13.2 Å². The third kappa shape index (κ3) is 3.41. The molecular formula is C11H13F3O2. The van der Waals surface area contributed by atoms with Gasteiger partial charge in [-0.05, 0) is 29.2 Å². The van der Waals surface area contributed by atoms with Crippen molar-refractivity contribution >= 4 is 0 Å².